The van der Waals surface area contributed by atoms with Gasteiger partial charge in [0.25, 0.3) is 0 Å². The van der Waals surface area contributed by atoms with Crippen LogP contribution in [0.2, 0.25) is 0 Å². The Hall–Kier alpha value is -3.61. The topological polar surface area (TPSA) is 82.0 Å². The summed E-state index contributed by atoms with van der Waals surface area (Å²) in [7, 11) is 0. The summed E-state index contributed by atoms with van der Waals surface area (Å²) in [5.41, 5.74) is 5.90. The van der Waals surface area contributed by atoms with Crippen molar-refractivity contribution in [3.05, 3.63) is 61.1 Å². The largest absolute Gasteiger partial charge is 0.265 e. The Balaban J connectivity index is 1.69. The predicted octanol–water partition coefficient (Wildman–Crippen LogP) is 2.99. The smallest absolute Gasteiger partial charge is 0.154 e. The minimum absolute atomic E-state index is 0.703. The van der Waals surface area contributed by atoms with Crippen molar-refractivity contribution >= 4 is 16.7 Å². The van der Waals surface area contributed by atoms with E-state index in [1.807, 2.05) is 53.2 Å². The van der Waals surface area contributed by atoms with Crippen LogP contribution >= 0.6 is 0 Å². The van der Waals surface area contributed by atoms with E-state index in [1.165, 1.54) is 0 Å². The van der Waals surface area contributed by atoms with Gasteiger partial charge in [0.1, 0.15) is 11.0 Å². The molecule has 7 nitrogen and oxygen atoms in total. The Labute approximate surface area is 135 Å². The molecule has 0 N–H and O–H groups in total. The van der Waals surface area contributed by atoms with E-state index >= 15 is 0 Å². The van der Waals surface area contributed by atoms with E-state index in [-0.39, 0.29) is 0 Å². The number of benzene rings is 1. The highest BCUT2D eigenvalue weighted by atomic mass is 16.6. The summed E-state index contributed by atoms with van der Waals surface area (Å²) in [5.74, 6) is 0. The van der Waals surface area contributed by atoms with Crippen LogP contribution in [0.3, 0.4) is 0 Å². The molecule has 0 bridgehead atoms. The molecule has 1 aromatic carbocycles. The number of pyridine rings is 1. The minimum Gasteiger partial charge on any atom is -0.265 e. The quantitative estimate of drug-likeness (QED) is 0.498. The van der Waals surface area contributed by atoms with Crippen molar-refractivity contribution in [3.63, 3.8) is 0 Å². The van der Waals surface area contributed by atoms with Crippen LogP contribution in [0.25, 0.3) is 39.2 Å². The molecule has 0 saturated carbocycles. The second kappa shape index (κ2) is 4.95. The number of aromatic nitrogens is 6. The van der Waals surface area contributed by atoms with Crippen LogP contribution in [-0.2, 0) is 0 Å². The van der Waals surface area contributed by atoms with Gasteiger partial charge in [0, 0.05) is 23.5 Å². The molecule has 0 atom stereocenters. The van der Waals surface area contributed by atoms with Crippen molar-refractivity contribution in [1.82, 2.24) is 29.9 Å². The lowest BCUT2D eigenvalue weighted by atomic mass is 10.1. The Morgan fingerprint density at radius 2 is 1.71 bits per heavy atom. The van der Waals surface area contributed by atoms with E-state index in [0.717, 1.165) is 33.7 Å². The number of hydrogen-bond donors (Lipinski definition) is 0. The van der Waals surface area contributed by atoms with Crippen molar-refractivity contribution in [2.75, 3.05) is 0 Å². The zero-order chi connectivity index (χ0) is 15.9. The zero-order valence-corrected chi connectivity index (χ0v) is 12.4. The maximum absolute atomic E-state index is 4.75. The Bertz CT molecular complexity index is 1160. The van der Waals surface area contributed by atoms with Crippen molar-refractivity contribution < 1.29 is 4.63 Å². The fourth-order valence-electron chi connectivity index (χ4n) is 2.69. The maximum atomic E-state index is 4.75. The van der Waals surface area contributed by atoms with Crippen molar-refractivity contribution in [3.8, 4) is 22.5 Å². The molecule has 0 spiro atoms. The van der Waals surface area contributed by atoms with Crippen LogP contribution in [-0.4, -0.2) is 29.9 Å². The minimum atomic E-state index is 0.703. The van der Waals surface area contributed by atoms with Crippen molar-refractivity contribution in [1.29, 1.82) is 0 Å². The molecule has 0 amide bonds. The van der Waals surface area contributed by atoms with Crippen LogP contribution < -0.4 is 0 Å². The second-order valence-electron chi connectivity index (χ2n) is 5.34. The van der Waals surface area contributed by atoms with E-state index in [4.69, 9.17) is 9.73 Å². The number of imidazole rings is 1. The molecule has 0 aliphatic heterocycles. The molecule has 4 aromatic heterocycles. The first kappa shape index (κ1) is 12.9. The van der Waals surface area contributed by atoms with Gasteiger partial charge in [-0.3, -0.25) is 4.98 Å². The van der Waals surface area contributed by atoms with Gasteiger partial charge in [0.15, 0.2) is 5.65 Å². The van der Waals surface area contributed by atoms with Gasteiger partial charge in [0.05, 0.1) is 17.6 Å². The molecule has 5 aromatic rings. The third kappa shape index (κ3) is 1.95. The van der Waals surface area contributed by atoms with Crippen LogP contribution in [0.15, 0.2) is 65.7 Å². The molecule has 24 heavy (non-hydrogen) atoms. The Morgan fingerprint density at radius 3 is 2.62 bits per heavy atom. The third-order valence-electron chi connectivity index (χ3n) is 3.89. The lowest BCUT2D eigenvalue weighted by Crippen LogP contribution is -1.96. The summed E-state index contributed by atoms with van der Waals surface area (Å²) in [5, 5.41) is 12.4. The summed E-state index contributed by atoms with van der Waals surface area (Å²) < 4.78 is 6.58. The highest BCUT2D eigenvalue weighted by Crippen LogP contribution is 2.24. The summed E-state index contributed by atoms with van der Waals surface area (Å²) in [4.78, 5) is 8.47. The van der Waals surface area contributed by atoms with Gasteiger partial charge in [-0.05, 0) is 46.7 Å². The van der Waals surface area contributed by atoms with Gasteiger partial charge in [0.2, 0.25) is 0 Å². The highest BCUT2D eigenvalue weighted by Gasteiger charge is 2.10. The first-order valence-electron chi connectivity index (χ1n) is 7.36. The van der Waals surface area contributed by atoms with Gasteiger partial charge in [-0.15, -0.1) is 0 Å². The number of hydrogen-bond acceptors (Lipinski definition) is 6. The van der Waals surface area contributed by atoms with Crippen LogP contribution in [0.5, 0.6) is 0 Å². The van der Waals surface area contributed by atoms with Crippen LogP contribution in [0.1, 0.15) is 0 Å². The lowest BCUT2D eigenvalue weighted by Gasteiger charge is -2.04. The maximum Gasteiger partial charge on any atom is 0.154 e. The van der Waals surface area contributed by atoms with Crippen molar-refractivity contribution in [2.24, 2.45) is 0 Å². The lowest BCUT2D eigenvalue weighted by molar-refractivity contribution is 0.315. The van der Waals surface area contributed by atoms with Gasteiger partial charge >= 0.3 is 0 Å². The molecule has 0 aliphatic carbocycles. The SMILES string of the molecule is c1cc(-c2cnc3ccc(-c4ccc5nonc5c4)nn23)ccn1. The highest BCUT2D eigenvalue weighted by molar-refractivity contribution is 5.79. The number of rotatable bonds is 2. The van der Waals surface area contributed by atoms with Gasteiger partial charge in [-0.2, -0.15) is 5.10 Å². The molecule has 4 heterocycles. The molecule has 5 rings (SSSR count). The normalized spacial score (nSPS) is 11.3. The number of fused-ring (bicyclic) bond motifs is 2. The predicted molar refractivity (Wildman–Crippen MR) is 87.0 cm³/mol. The summed E-state index contributed by atoms with van der Waals surface area (Å²) in [6.45, 7) is 0. The van der Waals surface area contributed by atoms with Gasteiger partial charge < -0.3 is 0 Å². The molecule has 0 aliphatic rings. The standard InChI is InChI=1S/C17H10N6O/c1-2-14-15(22-24-21-14)9-12(1)13-3-4-17-19-10-16(23(17)20-13)11-5-7-18-8-6-11/h1-10H. The van der Waals surface area contributed by atoms with Crippen molar-refractivity contribution in [2.45, 2.75) is 0 Å². The molecule has 7 heteroatoms. The summed E-state index contributed by atoms with van der Waals surface area (Å²) in [6.07, 6.45) is 5.32. The first-order chi connectivity index (χ1) is 11.9. The summed E-state index contributed by atoms with van der Waals surface area (Å²) in [6, 6.07) is 13.5. The van der Waals surface area contributed by atoms with E-state index in [2.05, 4.69) is 20.3 Å². The molecule has 0 saturated heterocycles. The average Bonchev–Trinajstić information content (AvgIpc) is 3.28. The zero-order valence-electron chi connectivity index (χ0n) is 12.4. The number of nitrogens with zero attached hydrogens (tertiary/aromatic N) is 6. The fourth-order valence-corrected chi connectivity index (χ4v) is 2.69. The van der Waals surface area contributed by atoms with Gasteiger partial charge in [-0.25, -0.2) is 14.1 Å². The molecule has 0 radical (unpaired) electrons. The van der Waals surface area contributed by atoms with E-state index in [1.54, 1.807) is 12.4 Å². The van der Waals surface area contributed by atoms with E-state index in [9.17, 15) is 0 Å². The van der Waals surface area contributed by atoms with E-state index < -0.39 is 0 Å². The van der Waals surface area contributed by atoms with Gasteiger partial charge in [-0.1, -0.05) is 6.07 Å². The monoisotopic (exact) mass is 314 g/mol. The van der Waals surface area contributed by atoms with Crippen LogP contribution in [0, 0.1) is 0 Å². The average molecular weight is 314 g/mol. The Morgan fingerprint density at radius 1 is 0.833 bits per heavy atom. The van der Waals surface area contributed by atoms with Crippen LogP contribution in [0.4, 0.5) is 0 Å². The molecule has 114 valence electrons. The van der Waals surface area contributed by atoms with E-state index in [0.29, 0.717) is 5.52 Å². The molecular weight excluding hydrogens is 304 g/mol. The second-order valence-corrected chi connectivity index (χ2v) is 5.34. The molecule has 0 unspecified atom stereocenters. The molecular formula is C17H10N6O. The Kier molecular flexibility index (Phi) is 2.66. The fraction of sp³-hybridized carbons (Fsp3) is 0. The molecule has 0 fully saturated rings. The summed E-state index contributed by atoms with van der Waals surface area (Å²) >= 11 is 0. The first-order valence-corrected chi connectivity index (χ1v) is 7.36. The third-order valence-corrected chi connectivity index (χ3v) is 3.89.